The zero-order valence-electron chi connectivity index (χ0n) is 5.09. The van der Waals surface area contributed by atoms with Crippen molar-refractivity contribution in [2.75, 3.05) is 0 Å². The van der Waals surface area contributed by atoms with Gasteiger partial charge in [-0.25, -0.2) is 0 Å². The number of ketones is 1. The quantitative estimate of drug-likeness (QED) is 0.519. The van der Waals surface area contributed by atoms with Crippen LogP contribution in [-0.4, -0.2) is 10.8 Å². The van der Waals surface area contributed by atoms with Gasteiger partial charge in [-0.2, -0.15) is 0 Å². The summed E-state index contributed by atoms with van der Waals surface area (Å²) in [7, 11) is 0. The lowest BCUT2D eigenvalue weighted by molar-refractivity contribution is 0.101. The fourth-order valence-corrected chi connectivity index (χ4v) is 0.535. The molecule has 0 bridgehead atoms. The number of Topliss-reactive ketones (excluding diaryl/α,β-unsaturated/α-hetero) is 1. The van der Waals surface area contributed by atoms with Crippen LogP contribution in [0.2, 0.25) is 0 Å². The van der Waals surface area contributed by atoms with E-state index in [2.05, 4.69) is 11.1 Å². The fourth-order valence-electron chi connectivity index (χ4n) is 0.535. The Morgan fingerprint density at radius 1 is 1.78 bits per heavy atom. The molecular weight excluding hydrogens is 114 g/mol. The molecule has 2 nitrogen and oxygen atoms in total. The predicted octanol–water partition coefficient (Wildman–Crippen LogP) is 1.08. The van der Waals surface area contributed by atoms with Crippen LogP contribution >= 0.6 is 0 Å². The van der Waals surface area contributed by atoms with Gasteiger partial charge in [-0.1, -0.05) is 0 Å². The molecule has 0 aliphatic heterocycles. The van der Waals surface area contributed by atoms with Crippen molar-refractivity contribution in [3.63, 3.8) is 0 Å². The average Bonchev–Trinajstić information content (AvgIpc) is 1.90. The Balaban J connectivity index is 2.98. The summed E-state index contributed by atoms with van der Waals surface area (Å²) in [5.74, 6) is 0.0254. The van der Waals surface area contributed by atoms with Gasteiger partial charge in [-0.15, -0.1) is 0 Å². The third-order valence-corrected chi connectivity index (χ3v) is 1.00. The summed E-state index contributed by atoms with van der Waals surface area (Å²) < 4.78 is 0. The number of pyridine rings is 1. The number of rotatable bonds is 1. The normalized spacial score (nSPS) is 9.00. The van der Waals surface area contributed by atoms with E-state index >= 15 is 0 Å². The van der Waals surface area contributed by atoms with E-state index < -0.39 is 0 Å². The third-order valence-electron chi connectivity index (χ3n) is 1.00. The fraction of sp³-hybridized carbons (Fsp3) is 0.143. The number of hydrogen-bond donors (Lipinski definition) is 0. The minimum absolute atomic E-state index is 0.0254. The molecule has 9 heavy (non-hydrogen) atoms. The number of nitrogens with zero attached hydrogens (tertiary/aromatic N) is 1. The lowest BCUT2D eigenvalue weighted by atomic mass is 10.2. The lowest BCUT2D eigenvalue weighted by Gasteiger charge is -1.88. The number of carbonyl (C=O) groups excluding carboxylic acids is 1. The number of hydrogen-bond acceptors (Lipinski definition) is 2. The van der Waals surface area contributed by atoms with Gasteiger partial charge in [0.25, 0.3) is 0 Å². The summed E-state index contributed by atoms with van der Waals surface area (Å²) >= 11 is 0. The Morgan fingerprint density at radius 2 is 2.56 bits per heavy atom. The first kappa shape index (κ1) is 5.95. The summed E-state index contributed by atoms with van der Waals surface area (Å²) in [5.41, 5.74) is 0.588. The average molecular weight is 120 g/mol. The second kappa shape index (κ2) is 2.40. The van der Waals surface area contributed by atoms with E-state index in [0.29, 0.717) is 5.56 Å². The van der Waals surface area contributed by atoms with Crippen LogP contribution in [0.4, 0.5) is 0 Å². The van der Waals surface area contributed by atoms with E-state index in [0.717, 1.165) is 0 Å². The van der Waals surface area contributed by atoms with Crippen molar-refractivity contribution in [2.24, 2.45) is 0 Å². The Hall–Kier alpha value is -1.18. The molecule has 0 aromatic carbocycles. The van der Waals surface area contributed by atoms with Crippen molar-refractivity contribution >= 4 is 5.78 Å². The summed E-state index contributed by atoms with van der Waals surface area (Å²) in [6.07, 6.45) is 3.06. The number of carbonyl (C=O) groups is 1. The monoisotopic (exact) mass is 120 g/mol. The topological polar surface area (TPSA) is 30.0 Å². The summed E-state index contributed by atoms with van der Waals surface area (Å²) in [6.45, 7) is 1.51. The van der Waals surface area contributed by atoms with Crippen LogP contribution in [0.15, 0.2) is 18.5 Å². The minimum atomic E-state index is 0.0254. The van der Waals surface area contributed by atoms with Gasteiger partial charge in [0.1, 0.15) is 0 Å². The first-order valence-electron chi connectivity index (χ1n) is 2.63. The Morgan fingerprint density at radius 3 is 2.89 bits per heavy atom. The van der Waals surface area contributed by atoms with Gasteiger partial charge in [-0.3, -0.25) is 9.78 Å². The van der Waals surface area contributed by atoms with Gasteiger partial charge in [-0.05, 0) is 13.0 Å². The van der Waals surface area contributed by atoms with Crippen LogP contribution in [0, 0.1) is 6.07 Å². The molecule has 0 aliphatic carbocycles. The smallest absolute Gasteiger partial charge is 0.160 e. The SMILES string of the molecule is CC(=O)c1[c]cncc1. The minimum Gasteiger partial charge on any atom is -0.294 e. The molecule has 1 aromatic heterocycles. The molecule has 2 heteroatoms. The molecule has 0 N–H and O–H groups in total. The van der Waals surface area contributed by atoms with Gasteiger partial charge in [0.2, 0.25) is 0 Å². The molecule has 0 spiro atoms. The van der Waals surface area contributed by atoms with Gasteiger partial charge < -0.3 is 0 Å². The second-order valence-corrected chi connectivity index (χ2v) is 1.71. The predicted molar refractivity (Wildman–Crippen MR) is 33.1 cm³/mol. The molecular formula is C7H6NO. The van der Waals surface area contributed by atoms with Gasteiger partial charge in [0.15, 0.2) is 5.78 Å². The van der Waals surface area contributed by atoms with Crippen molar-refractivity contribution in [1.29, 1.82) is 0 Å². The highest BCUT2D eigenvalue weighted by molar-refractivity contribution is 5.93. The van der Waals surface area contributed by atoms with E-state index in [1.165, 1.54) is 13.1 Å². The Bertz CT molecular complexity index is 205. The van der Waals surface area contributed by atoms with Crippen LogP contribution in [0.3, 0.4) is 0 Å². The van der Waals surface area contributed by atoms with Gasteiger partial charge in [0, 0.05) is 24.0 Å². The number of aromatic nitrogens is 1. The Labute approximate surface area is 53.5 Å². The van der Waals surface area contributed by atoms with Gasteiger partial charge in [0.05, 0.1) is 0 Å². The van der Waals surface area contributed by atoms with E-state index in [1.54, 1.807) is 12.3 Å². The zero-order valence-corrected chi connectivity index (χ0v) is 5.09. The molecule has 0 fully saturated rings. The van der Waals surface area contributed by atoms with Crippen LogP contribution in [-0.2, 0) is 0 Å². The molecule has 1 radical (unpaired) electrons. The van der Waals surface area contributed by atoms with Crippen LogP contribution < -0.4 is 0 Å². The first-order valence-corrected chi connectivity index (χ1v) is 2.63. The van der Waals surface area contributed by atoms with E-state index in [1.807, 2.05) is 0 Å². The van der Waals surface area contributed by atoms with Crippen molar-refractivity contribution in [2.45, 2.75) is 6.92 Å². The van der Waals surface area contributed by atoms with Crippen molar-refractivity contribution in [1.82, 2.24) is 4.98 Å². The maximum atomic E-state index is 10.6. The Kier molecular flexibility index (Phi) is 1.58. The highest BCUT2D eigenvalue weighted by Crippen LogP contribution is 1.94. The standard InChI is InChI=1S/C7H6NO/c1-6(9)7-2-4-8-5-3-7/h2,4-5H,1H3. The van der Waals surface area contributed by atoms with Gasteiger partial charge >= 0.3 is 0 Å². The molecule has 0 atom stereocenters. The van der Waals surface area contributed by atoms with Crippen molar-refractivity contribution in [3.8, 4) is 0 Å². The highest BCUT2D eigenvalue weighted by Gasteiger charge is 1.94. The summed E-state index contributed by atoms with van der Waals surface area (Å²) in [6, 6.07) is 4.35. The maximum absolute atomic E-state index is 10.6. The molecule has 0 amide bonds. The molecule has 0 saturated carbocycles. The van der Waals surface area contributed by atoms with E-state index in [9.17, 15) is 4.79 Å². The van der Waals surface area contributed by atoms with E-state index in [4.69, 9.17) is 0 Å². The lowest BCUT2D eigenvalue weighted by Crippen LogP contribution is -1.90. The van der Waals surface area contributed by atoms with Crippen LogP contribution in [0.25, 0.3) is 0 Å². The van der Waals surface area contributed by atoms with Crippen LogP contribution in [0.1, 0.15) is 17.3 Å². The molecule has 0 unspecified atom stereocenters. The maximum Gasteiger partial charge on any atom is 0.160 e. The molecule has 0 saturated heterocycles. The van der Waals surface area contributed by atoms with Crippen LogP contribution in [0.5, 0.6) is 0 Å². The summed E-state index contributed by atoms with van der Waals surface area (Å²) in [4.78, 5) is 14.3. The molecule has 1 rings (SSSR count). The molecule has 1 aromatic rings. The highest BCUT2D eigenvalue weighted by atomic mass is 16.1. The van der Waals surface area contributed by atoms with Crippen molar-refractivity contribution < 1.29 is 4.79 Å². The summed E-state index contributed by atoms with van der Waals surface area (Å²) in [5, 5.41) is 0. The largest absolute Gasteiger partial charge is 0.294 e. The third kappa shape index (κ3) is 1.35. The molecule has 45 valence electrons. The molecule has 1 heterocycles. The second-order valence-electron chi connectivity index (χ2n) is 1.71. The zero-order chi connectivity index (χ0) is 6.69. The molecule has 0 aliphatic rings. The first-order chi connectivity index (χ1) is 4.30. The van der Waals surface area contributed by atoms with E-state index in [-0.39, 0.29) is 5.78 Å². The van der Waals surface area contributed by atoms with Crippen molar-refractivity contribution in [3.05, 3.63) is 30.1 Å².